The largest absolute Gasteiger partial charge is 1.00 e. The molecule has 1 aromatic rings. The van der Waals surface area contributed by atoms with Crippen LogP contribution < -0.4 is 62.6 Å². The molecule has 0 aliphatic carbocycles. The van der Waals surface area contributed by atoms with E-state index in [1.807, 2.05) is 0 Å². The van der Waals surface area contributed by atoms with Crippen LogP contribution in [0.2, 0.25) is 0 Å². The summed E-state index contributed by atoms with van der Waals surface area (Å²) in [6.45, 7) is -5.21. The zero-order chi connectivity index (χ0) is 9.35. The van der Waals surface area contributed by atoms with E-state index >= 15 is 0 Å². The predicted octanol–water partition coefficient (Wildman–Crippen LogP) is -1.53. The number of nitrogens with two attached hydrogens (primary N) is 1. The molecule has 7 heteroatoms. The van der Waals surface area contributed by atoms with Crippen molar-refractivity contribution in [3.63, 3.8) is 0 Å². The molecule has 0 unspecified atom stereocenters. The predicted molar refractivity (Wildman–Crippen MR) is 39.5 cm³/mol. The van der Waals surface area contributed by atoms with Crippen LogP contribution >= 0.6 is 0 Å². The second-order valence-electron chi connectivity index (χ2n) is 2.35. The van der Waals surface area contributed by atoms with Crippen molar-refractivity contribution in [1.29, 1.82) is 0 Å². The molecule has 0 bridgehead atoms. The van der Waals surface area contributed by atoms with Gasteiger partial charge in [-0.25, -0.2) is 4.39 Å². The minimum Gasteiger partial charge on any atom is -0.445 e. The molecule has 0 amide bonds. The van der Waals surface area contributed by atoms with Crippen LogP contribution in [0.5, 0.6) is 0 Å². The molecule has 1 nitrogen and oxygen atoms in total. The van der Waals surface area contributed by atoms with Gasteiger partial charge >= 0.3 is 58.4 Å². The second-order valence-corrected chi connectivity index (χ2v) is 2.35. The molecule has 0 aliphatic heterocycles. The molecule has 0 saturated carbocycles. The summed E-state index contributed by atoms with van der Waals surface area (Å²) in [5.74, 6) is -0.932. The molecule has 13 heavy (non-hydrogen) atoms. The smallest absolute Gasteiger partial charge is 0.445 e. The van der Waals surface area contributed by atoms with Gasteiger partial charge in [0.15, 0.2) is 0 Å². The molecule has 0 heterocycles. The average Bonchev–Trinajstić information content (AvgIpc) is 1.92. The molecule has 0 radical (unpaired) electrons. The Morgan fingerprint density at radius 3 is 2.08 bits per heavy atom. The van der Waals surface area contributed by atoms with Crippen LogP contribution in [0.25, 0.3) is 0 Å². The van der Waals surface area contributed by atoms with Crippen LogP contribution in [0.1, 0.15) is 0 Å². The summed E-state index contributed by atoms with van der Waals surface area (Å²) in [6.07, 6.45) is 0. The van der Waals surface area contributed by atoms with Gasteiger partial charge in [-0.1, -0.05) is 11.5 Å². The van der Waals surface area contributed by atoms with Crippen LogP contribution in [0.3, 0.4) is 0 Å². The van der Waals surface area contributed by atoms with Crippen molar-refractivity contribution in [2.24, 2.45) is 0 Å². The quantitative estimate of drug-likeness (QED) is 0.344. The SMILES string of the molecule is Nc1ccc(F)cc1[B-](F)(F)F.[K+]. The summed E-state index contributed by atoms with van der Waals surface area (Å²) in [6, 6.07) is 2.19. The first-order valence-electron chi connectivity index (χ1n) is 3.16. The van der Waals surface area contributed by atoms with Gasteiger partial charge < -0.3 is 18.7 Å². The summed E-state index contributed by atoms with van der Waals surface area (Å²) >= 11 is 0. The number of anilines is 1. The minimum atomic E-state index is -5.21. The van der Waals surface area contributed by atoms with Crippen molar-refractivity contribution < 1.29 is 68.7 Å². The molecule has 0 spiro atoms. The van der Waals surface area contributed by atoms with Crippen molar-refractivity contribution in [2.45, 2.75) is 0 Å². The zero-order valence-corrected chi connectivity index (χ0v) is 10.0. The first kappa shape index (κ1) is 13.4. The number of nitrogen functional groups attached to an aromatic ring is 1. The van der Waals surface area contributed by atoms with E-state index in [4.69, 9.17) is 5.73 Å². The van der Waals surface area contributed by atoms with E-state index in [-0.39, 0.29) is 51.4 Å². The maximum Gasteiger partial charge on any atom is 1.00 e. The van der Waals surface area contributed by atoms with E-state index in [9.17, 15) is 17.3 Å². The molecule has 0 aromatic heterocycles. The van der Waals surface area contributed by atoms with E-state index in [0.717, 1.165) is 12.1 Å². The fourth-order valence-electron chi connectivity index (χ4n) is 0.829. The minimum absolute atomic E-state index is 0. The summed E-state index contributed by atoms with van der Waals surface area (Å²) in [7, 11) is 0. The van der Waals surface area contributed by atoms with Crippen LogP contribution in [-0.2, 0) is 0 Å². The summed E-state index contributed by atoms with van der Waals surface area (Å²) in [5.41, 5.74) is 3.49. The first-order chi connectivity index (χ1) is 5.41. The Morgan fingerprint density at radius 1 is 1.15 bits per heavy atom. The molecule has 1 aromatic carbocycles. The molecular weight excluding hydrogens is 212 g/mol. The van der Waals surface area contributed by atoms with Gasteiger partial charge in [0.2, 0.25) is 0 Å². The van der Waals surface area contributed by atoms with Gasteiger partial charge in [-0.05, 0) is 12.1 Å². The maximum atomic E-state index is 12.3. The van der Waals surface area contributed by atoms with Gasteiger partial charge in [0.25, 0.3) is 0 Å². The number of hydrogen-bond donors (Lipinski definition) is 1. The van der Waals surface area contributed by atoms with Gasteiger partial charge in [-0.2, -0.15) is 0 Å². The zero-order valence-electron chi connectivity index (χ0n) is 6.90. The molecule has 1 rings (SSSR count). The van der Waals surface area contributed by atoms with Crippen molar-refractivity contribution in [3.05, 3.63) is 24.0 Å². The summed E-state index contributed by atoms with van der Waals surface area (Å²) < 4.78 is 48.5. The fraction of sp³-hybridized carbons (Fsp3) is 0. The Kier molecular flexibility index (Phi) is 4.95. The molecular formula is C6H5BF4KN. The standard InChI is InChI=1S/C6H5BF4N.K/c8-4-1-2-6(12)5(3-4)7(9,10)11;/h1-3H,12H2;/q-1;+1. The van der Waals surface area contributed by atoms with Crippen molar-refractivity contribution in [3.8, 4) is 0 Å². The third kappa shape index (κ3) is 3.59. The Hall–Kier alpha value is 0.441. The molecule has 0 saturated heterocycles. The monoisotopic (exact) mass is 217 g/mol. The van der Waals surface area contributed by atoms with Crippen molar-refractivity contribution in [2.75, 3.05) is 5.73 Å². The Labute approximate surface area is 115 Å². The molecule has 0 atom stereocenters. The molecule has 0 aliphatic rings. The van der Waals surface area contributed by atoms with E-state index in [2.05, 4.69) is 0 Å². The second kappa shape index (κ2) is 4.79. The van der Waals surface area contributed by atoms with Crippen molar-refractivity contribution >= 4 is 18.1 Å². The Bertz CT molecular complexity index is 301. The number of hydrogen-bond acceptors (Lipinski definition) is 1. The fourth-order valence-corrected chi connectivity index (χ4v) is 0.829. The van der Waals surface area contributed by atoms with E-state index in [1.165, 1.54) is 0 Å². The topological polar surface area (TPSA) is 26.0 Å². The van der Waals surface area contributed by atoms with E-state index in [0.29, 0.717) is 6.07 Å². The summed E-state index contributed by atoms with van der Waals surface area (Å²) in [4.78, 5) is 0. The van der Waals surface area contributed by atoms with Crippen molar-refractivity contribution in [1.82, 2.24) is 0 Å². The van der Waals surface area contributed by atoms with Gasteiger partial charge in [0, 0.05) is 5.69 Å². The van der Waals surface area contributed by atoms with Crippen LogP contribution in [0.15, 0.2) is 18.2 Å². The van der Waals surface area contributed by atoms with Crippen LogP contribution in [-0.4, -0.2) is 6.98 Å². The number of rotatable bonds is 1. The summed E-state index contributed by atoms with van der Waals surface area (Å²) in [5, 5.41) is 0. The number of benzene rings is 1. The van der Waals surface area contributed by atoms with Gasteiger partial charge in [-0.3, -0.25) is 0 Å². The van der Waals surface area contributed by atoms with Gasteiger partial charge in [0.05, 0.1) is 0 Å². The molecule has 0 fully saturated rings. The normalized spacial score (nSPS) is 10.8. The third-order valence-electron chi connectivity index (χ3n) is 1.40. The first-order valence-corrected chi connectivity index (χ1v) is 3.16. The van der Waals surface area contributed by atoms with E-state index in [1.54, 1.807) is 0 Å². The van der Waals surface area contributed by atoms with Gasteiger partial charge in [0.1, 0.15) is 5.82 Å². The molecule has 66 valence electrons. The molecule has 2 N–H and O–H groups in total. The third-order valence-corrected chi connectivity index (χ3v) is 1.40. The van der Waals surface area contributed by atoms with E-state index < -0.39 is 23.9 Å². The van der Waals surface area contributed by atoms with Crippen LogP contribution in [0, 0.1) is 5.82 Å². The number of halogens is 4. The Morgan fingerprint density at radius 2 is 1.69 bits per heavy atom. The van der Waals surface area contributed by atoms with Gasteiger partial charge in [-0.15, -0.1) is 0 Å². The maximum absolute atomic E-state index is 12.3. The average molecular weight is 217 g/mol. The van der Waals surface area contributed by atoms with Crippen LogP contribution in [0.4, 0.5) is 23.0 Å². The Balaban J connectivity index is 0.00000144.